The standard InChI is InChI=1S/C35H45N7O3/c1-6-42-32(20-26(3)39-42)35-38-31-22-28(24-43)21-29(11-7-9-13-40-15-17-45-18-16-40)33(31)41(35)14-10-8-12-36-34-25(2)19-30(23-37-34)27(4)44-5/h8,10,19-24H,4,6-7,9,11-18H2,1-3,5H3,(H,36,37)/b10-8+. The molecule has 4 heterocycles. The average molecular weight is 612 g/mol. The van der Waals surface area contributed by atoms with Gasteiger partial charge in [-0.3, -0.25) is 14.4 Å². The van der Waals surface area contributed by atoms with Crippen molar-refractivity contribution in [2.24, 2.45) is 0 Å². The summed E-state index contributed by atoms with van der Waals surface area (Å²) in [5.41, 5.74) is 7.53. The van der Waals surface area contributed by atoms with Crippen molar-refractivity contribution >= 4 is 28.9 Å². The van der Waals surface area contributed by atoms with E-state index in [1.54, 1.807) is 13.3 Å². The van der Waals surface area contributed by atoms with Gasteiger partial charge in [-0.05, 0) is 82.0 Å². The number of aldehydes is 1. The van der Waals surface area contributed by atoms with Crippen LogP contribution in [0.2, 0.25) is 0 Å². The van der Waals surface area contributed by atoms with E-state index in [4.69, 9.17) is 19.6 Å². The van der Waals surface area contributed by atoms with Crippen LogP contribution < -0.4 is 5.32 Å². The number of nitrogens with zero attached hydrogens (tertiary/aromatic N) is 6. The van der Waals surface area contributed by atoms with E-state index in [0.717, 1.165) is 116 Å². The minimum Gasteiger partial charge on any atom is -0.497 e. The Morgan fingerprint density at radius 1 is 1.13 bits per heavy atom. The van der Waals surface area contributed by atoms with Crippen molar-refractivity contribution in [1.29, 1.82) is 0 Å². The summed E-state index contributed by atoms with van der Waals surface area (Å²) in [5.74, 6) is 2.27. The number of ether oxygens (including phenoxy) is 2. The molecule has 10 heteroatoms. The third kappa shape index (κ3) is 7.69. The minimum absolute atomic E-state index is 0.594. The maximum Gasteiger partial charge on any atom is 0.159 e. The average Bonchev–Trinajstić information content (AvgIpc) is 3.62. The number of rotatable bonds is 15. The van der Waals surface area contributed by atoms with Gasteiger partial charge in [-0.1, -0.05) is 18.7 Å². The van der Waals surface area contributed by atoms with Gasteiger partial charge in [0.05, 0.1) is 37.1 Å². The molecule has 0 bridgehead atoms. The van der Waals surface area contributed by atoms with Crippen LogP contribution in [0.4, 0.5) is 5.82 Å². The molecule has 1 aromatic carbocycles. The number of hydrogen-bond acceptors (Lipinski definition) is 8. The molecule has 0 atom stereocenters. The number of anilines is 1. The van der Waals surface area contributed by atoms with Crippen molar-refractivity contribution in [3.05, 3.63) is 77.1 Å². The van der Waals surface area contributed by atoms with Gasteiger partial charge in [-0.25, -0.2) is 9.97 Å². The molecule has 10 nitrogen and oxygen atoms in total. The Balaban J connectivity index is 1.39. The van der Waals surface area contributed by atoms with E-state index in [-0.39, 0.29) is 0 Å². The zero-order chi connectivity index (χ0) is 31.8. The van der Waals surface area contributed by atoms with Crippen molar-refractivity contribution in [2.45, 2.75) is 53.1 Å². The third-order valence-corrected chi connectivity index (χ3v) is 8.27. The zero-order valence-electron chi connectivity index (χ0n) is 27.0. The van der Waals surface area contributed by atoms with Crippen LogP contribution in [0.3, 0.4) is 0 Å². The van der Waals surface area contributed by atoms with Gasteiger partial charge in [-0.2, -0.15) is 5.10 Å². The zero-order valence-corrected chi connectivity index (χ0v) is 27.0. The Morgan fingerprint density at radius 2 is 1.96 bits per heavy atom. The van der Waals surface area contributed by atoms with Crippen LogP contribution in [-0.4, -0.2) is 82.0 Å². The van der Waals surface area contributed by atoms with Crippen molar-refractivity contribution in [2.75, 3.05) is 51.8 Å². The number of fused-ring (bicyclic) bond motifs is 1. The SMILES string of the molecule is C=C(OC)c1cnc(NC/C=C/Cn2c(-c3cc(C)nn3CC)nc3cc(C=O)cc(CCCCN4CCOCC4)c32)c(C)c1. The Bertz CT molecular complexity index is 1660. The number of unbranched alkanes of at least 4 members (excludes halogenated alkanes) is 1. The molecule has 1 aliphatic heterocycles. The van der Waals surface area contributed by atoms with E-state index in [0.29, 0.717) is 24.4 Å². The number of pyridine rings is 1. The molecule has 0 radical (unpaired) electrons. The molecular weight excluding hydrogens is 566 g/mol. The highest BCUT2D eigenvalue weighted by Crippen LogP contribution is 2.30. The molecule has 0 saturated carbocycles. The van der Waals surface area contributed by atoms with Gasteiger partial charge in [0.2, 0.25) is 0 Å². The number of morpholine rings is 1. The molecule has 45 heavy (non-hydrogen) atoms. The lowest BCUT2D eigenvalue weighted by molar-refractivity contribution is 0.0372. The Kier molecular flexibility index (Phi) is 10.8. The van der Waals surface area contributed by atoms with Gasteiger partial charge in [-0.15, -0.1) is 0 Å². The molecule has 5 rings (SSSR count). The highest BCUT2D eigenvalue weighted by atomic mass is 16.5. The fourth-order valence-electron chi connectivity index (χ4n) is 5.90. The maximum absolute atomic E-state index is 12.0. The number of benzene rings is 1. The summed E-state index contributed by atoms with van der Waals surface area (Å²) in [5, 5.41) is 8.11. The van der Waals surface area contributed by atoms with Crippen LogP contribution in [0.15, 0.2) is 49.2 Å². The van der Waals surface area contributed by atoms with Gasteiger partial charge < -0.3 is 19.4 Å². The normalized spacial score (nSPS) is 14.0. The lowest BCUT2D eigenvalue weighted by atomic mass is 10.0. The van der Waals surface area contributed by atoms with E-state index in [9.17, 15) is 4.79 Å². The van der Waals surface area contributed by atoms with Gasteiger partial charge >= 0.3 is 0 Å². The molecular formula is C35H45N7O3. The van der Waals surface area contributed by atoms with Crippen molar-refractivity contribution in [1.82, 2.24) is 29.2 Å². The molecule has 1 aliphatic rings. The number of imidazole rings is 1. The van der Waals surface area contributed by atoms with Crippen LogP contribution in [0.5, 0.6) is 0 Å². The molecule has 0 spiro atoms. The summed E-state index contributed by atoms with van der Waals surface area (Å²) >= 11 is 0. The Hall–Kier alpha value is -4.28. The van der Waals surface area contributed by atoms with E-state index in [2.05, 4.69) is 51.5 Å². The predicted molar refractivity (Wildman–Crippen MR) is 180 cm³/mol. The lowest BCUT2D eigenvalue weighted by Gasteiger charge is -2.26. The monoisotopic (exact) mass is 611 g/mol. The summed E-state index contributed by atoms with van der Waals surface area (Å²) in [7, 11) is 1.61. The lowest BCUT2D eigenvalue weighted by Crippen LogP contribution is -2.36. The van der Waals surface area contributed by atoms with Gasteiger partial charge in [0, 0.05) is 50.0 Å². The number of hydrogen-bond donors (Lipinski definition) is 1. The summed E-state index contributed by atoms with van der Waals surface area (Å²) in [6.45, 7) is 16.7. The molecule has 0 aliphatic carbocycles. The molecule has 1 N–H and O–H groups in total. The number of methoxy groups -OCH3 is 1. The predicted octanol–water partition coefficient (Wildman–Crippen LogP) is 5.68. The second kappa shape index (κ2) is 15.1. The molecule has 1 fully saturated rings. The molecule has 0 amide bonds. The smallest absolute Gasteiger partial charge is 0.159 e. The van der Waals surface area contributed by atoms with Gasteiger partial charge in [0.15, 0.2) is 5.82 Å². The van der Waals surface area contributed by atoms with E-state index < -0.39 is 0 Å². The van der Waals surface area contributed by atoms with Crippen LogP contribution >= 0.6 is 0 Å². The van der Waals surface area contributed by atoms with E-state index in [1.807, 2.05) is 36.7 Å². The fraction of sp³-hybridized carbons (Fsp3) is 0.429. The Morgan fingerprint density at radius 3 is 2.69 bits per heavy atom. The summed E-state index contributed by atoms with van der Waals surface area (Å²) in [6, 6.07) is 8.05. The number of aromatic nitrogens is 5. The number of allylic oxidation sites excluding steroid dienone is 1. The van der Waals surface area contributed by atoms with Crippen molar-refractivity contribution < 1.29 is 14.3 Å². The second-order valence-corrected chi connectivity index (χ2v) is 11.5. The minimum atomic E-state index is 0.594. The number of carbonyl (C=O) groups excluding carboxylic acids is 1. The van der Waals surface area contributed by atoms with Crippen LogP contribution in [0.1, 0.15) is 52.5 Å². The second-order valence-electron chi connectivity index (χ2n) is 11.5. The van der Waals surface area contributed by atoms with Crippen LogP contribution in [0, 0.1) is 13.8 Å². The van der Waals surface area contributed by atoms with E-state index in [1.165, 1.54) is 0 Å². The van der Waals surface area contributed by atoms with Gasteiger partial charge in [0.1, 0.15) is 23.6 Å². The molecule has 1 saturated heterocycles. The van der Waals surface area contributed by atoms with E-state index >= 15 is 0 Å². The van der Waals surface area contributed by atoms with Crippen molar-refractivity contribution in [3.63, 3.8) is 0 Å². The van der Waals surface area contributed by atoms with Gasteiger partial charge in [0.25, 0.3) is 0 Å². The largest absolute Gasteiger partial charge is 0.497 e. The molecule has 4 aromatic rings. The first-order valence-electron chi connectivity index (χ1n) is 15.8. The third-order valence-electron chi connectivity index (χ3n) is 8.27. The topological polar surface area (TPSA) is 99.3 Å². The molecule has 3 aromatic heterocycles. The maximum atomic E-state index is 12.0. The number of aryl methyl sites for hydroxylation is 4. The highest BCUT2D eigenvalue weighted by molar-refractivity contribution is 5.89. The molecule has 0 unspecified atom stereocenters. The summed E-state index contributed by atoms with van der Waals surface area (Å²) in [4.78, 5) is 24.1. The molecule has 238 valence electrons. The highest BCUT2D eigenvalue weighted by Gasteiger charge is 2.20. The Labute approximate surface area is 265 Å². The first-order valence-corrected chi connectivity index (χ1v) is 15.8. The first kappa shape index (κ1) is 32.1. The number of carbonyl (C=O) groups is 1. The number of nitrogens with one attached hydrogen (secondary N) is 1. The summed E-state index contributed by atoms with van der Waals surface area (Å²) < 4.78 is 15.0. The quantitative estimate of drug-likeness (QED) is 0.0793. The van der Waals surface area contributed by atoms with Crippen LogP contribution in [0.25, 0.3) is 28.3 Å². The van der Waals surface area contributed by atoms with Crippen LogP contribution in [-0.2, 0) is 29.0 Å². The summed E-state index contributed by atoms with van der Waals surface area (Å²) in [6.07, 6.45) is 9.96. The van der Waals surface area contributed by atoms with Crippen molar-refractivity contribution in [3.8, 4) is 11.5 Å². The first-order chi connectivity index (χ1) is 21.9. The fourth-order valence-corrected chi connectivity index (χ4v) is 5.90.